The van der Waals surface area contributed by atoms with Gasteiger partial charge < -0.3 is 16.0 Å². The van der Waals surface area contributed by atoms with Gasteiger partial charge in [-0.3, -0.25) is 4.79 Å². The second-order valence-electron chi connectivity index (χ2n) is 5.48. The first-order valence-electron chi connectivity index (χ1n) is 7.63. The first kappa shape index (κ1) is 23.5. The highest BCUT2D eigenvalue weighted by Gasteiger charge is 2.14. The fourth-order valence-electron chi connectivity index (χ4n) is 2.22. The maximum Gasteiger partial charge on any atom is 0.228 e. The van der Waals surface area contributed by atoms with Crippen LogP contribution in [-0.2, 0) is 11.3 Å². The Morgan fingerprint density at radius 3 is 2.40 bits per heavy atom. The van der Waals surface area contributed by atoms with E-state index in [0.717, 1.165) is 5.69 Å². The van der Waals surface area contributed by atoms with E-state index in [-0.39, 0.29) is 36.6 Å². The predicted octanol–water partition coefficient (Wildman–Crippen LogP) is 4.59. The number of carbonyl (C=O) groups is 1. The van der Waals surface area contributed by atoms with Crippen LogP contribution in [0.1, 0.15) is 12.5 Å². The van der Waals surface area contributed by atoms with E-state index in [1.807, 2.05) is 44.3 Å². The highest BCUT2D eigenvalue weighted by molar-refractivity contribution is 6.31. The predicted molar refractivity (Wildman–Crippen MR) is 111 cm³/mol. The third kappa shape index (κ3) is 7.53. The lowest BCUT2D eigenvalue weighted by molar-refractivity contribution is -0.119. The molecule has 138 valence electrons. The lowest BCUT2D eigenvalue weighted by Gasteiger charge is -2.16. The van der Waals surface area contributed by atoms with Crippen molar-refractivity contribution in [3.05, 3.63) is 59.1 Å². The summed E-state index contributed by atoms with van der Waals surface area (Å²) in [5, 5.41) is 9.88. The lowest BCUT2D eigenvalue weighted by atomic mass is 10.1. The molecule has 3 N–H and O–H groups in total. The van der Waals surface area contributed by atoms with Gasteiger partial charge in [0.2, 0.25) is 5.91 Å². The van der Waals surface area contributed by atoms with Crippen molar-refractivity contribution in [3.63, 3.8) is 0 Å². The van der Waals surface area contributed by atoms with Gasteiger partial charge in [-0.1, -0.05) is 48.9 Å². The van der Waals surface area contributed by atoms with Crippen LogP contribution in [0.5, 0.6) is 0 Å². The number of hydrogen-bond acceptors (Lipinski definition) is 3. The van der Waals surface area contributed by atoms with Gasteiger partial charge in [0.15, 0.2) is 0 Å². The number of halogens is 3. The Labute approximate surface area is 166 Å². The number of rotatable bonds is 7. The Morgan fingerprint density at radius 2 is 1.76 bits per heavy atom. The summed E-state index contributed by atoms with van der Waals surface area (Å²) in [5.74, 6) is -0.162. The van der Waals surface area contributed by atoms with Gasteiger partial charge in [0, 0.05) is 24.0 Å². The average molecular weight is 405 g/mol. The number of amides is 1. The average Bonchev–Trinajstić information content (AvgIpc) is 2.55. The summed E-state index contributed by atoms with van der Waals surface area (Å²) in [4.78, 5) is 12.2. The monoisotopic (exact) mass is 403 g/mol. The molecule has 2 aromatic rings. The molecule has 0 aromatic heterocycles. The topological polar surface area (TPSA) is 53.2 Å². The molecule has 1 unspecified atom stereocenters. The largest absolute Gasteiger partial charge is 0.379 e. The van der Waals surface area contributed by atoms with Gasteiger partial charge in [0.05, 0.1) is 11.4 Å². The smallest absolute Gasteiger partial charge is 0.228 e. The van der Waals surface area contributed by atoms with Crippen molar-refractivity contribution in [1.29, 1.82) is 0 Å². The molecule has 0 radical (unpaired) electrons. The molecular formula is C18H24Cl3N3O. The first-order chi connectivity index (χ1) is 11.1. The molecule has 4 nitrogen and oxygen atoms in total. The Balaban J connectivity index is 0.00000288. The van der Waals surface area contributed by atoms with E-state index in [1.165, 1.54) is 5.56 Å². The van der Waals surface area contributed by atoms with Crippen LogP contribution in [0.3, 0.4) is 0 Å². The number of carbonyl (C=O) groups excluding carboxylic acids is 1. The van der Waals surface area contributed by atoms with Crippen molar-refractivity contribution in [2.24, 2.45) is 5.92 Å². The van der Waals surface area contributed by atoms with E-state index in [4.69, 9.17) is 11.6 Å². The SMILES string of the molecule is CNCC(C)C(=O)Nc1cc(Cl)ccc1NCc1ccccc1.Cl.Cl. The molecule has 0 spiro atoms. The van der Waals surface area contributed by atoms with Crippen molar-refractivity contribution >= 4 is 53.7 Å². The maximum atomic E-state index is 12.2. The fraction of sp³-hybridized carbons (Fsp3) is 0.278. The summed E-state index contributed by atoms with van der Waals surface area (Å²) in [6.07, 6.45) is 0. The van der Waals surface area contributed by atoms with E-state index in [9.17, 15) is 4.79 Å². The van der Waals surface area contributed by atoms with Crippen LogP contribution in [0.4, 0.5) is 11.4 Å². The van der Waals surface area contributed by atoms with Gasteiger partial charge in [-0.15, -0.1) is 24.8 Å². The molecule has 0 saturated carbocycles. The summed E-state index contributed by atoms with van der Waals surface area (Å²) in [6, 6.07) is 15.5. The highest BCUT2D eigenvalue weighted by atomic mass is 35.5. The third-order valence-corrected chi connectivity index (χ3v) is 3.76. The van der Waals surface area contributed by atoms with Crippen LogP contribution >= 0.6 is 36.4 Å². The van der Waals surface area contributed by atoms with E-state index in [1.54, 1.807) is 6.07 Å². The summed E-state index contributed by atoms with van der Waals surface area (Å²) < 4.78 is 0. The quantitative estimate of drug-likeness (QED) is 0.632. The molecular weight excluding hydrogens is 381 g/mol. The molecule has 7 heteroatoms. The van der Waals surface area contributed by atoms with Gasteiger partial charge in [-0.05, 0) is 30.8 Å². The van der Waals surface area contributed by atoms with E-state index >= 15 is 0 Å². The molecule has 1 amide bonds. The zero-order chi connectivity index (χ0) is 16.7. The number of nitrogens with one attached hydrogen (secondary N) is 3. The number of benzene rings is 2. The molecule has 0 aliphatic carbocycles. The maximum absolute atomic E-state index is 12.2. The highest BCUT2D eigenvalue weighted by Crippen LogP contribution is 2.26. The molecule has 25 heavy (non-hydrogen) atoms. The molecule has 2 rings (SSSR count). The van der Waals surface area contributed by atoms with Crippen LogP contribution in [-0.4, -0.2) is 19.5 Å². The minimum atomic E-state index is -0.124. The van der Waals surface area contributed by atoms with Crippen molar-refractivity contribution in [1.82, 2.24) is 5.32 Å². The standard InChI is InChI=1S/C18H22ClN3O.2ClH/c1-13(11-20-2)18(23)22-17-10-15(19)8-9-16(17)21-12-14-6-4-3-5-7-14;;/h3-10,13,20-21H,11-12H2,1-2H3,(H,22,23);2*1H. The molecule has 0 fully saturated rings. The van der Waals surface area contributed by atoms with Crippen LogP contribution in [0, 0.1) is 5.92 Å². The van der Waals surface area contributed by atoms with Crippen LogP contribution < -0.4 is 16.0 Å². The molecule has 0 saturated heterocycles. The van der Waals surface area contributed by atoms with Crippen molar-refractivity contribution in [2.75, 3.05) is 24.2 Å². The van der Waals surface area contributed by atoms with E-state index in [0.29, 0.717) is 23.8 Å². The molecule has 0 aliphatic heterocycles. The Kier molecular flexibility index (Phi) is 11.3. The minimum absolute atomic E-state index is 0. The van der Waals surface area contributed by atoms with Crippen LogP contribution in [0.2, 0.25) is 5.02 Å². The minimum Gasteiger partial charge on any atom is -0.379 e. The van der Waals surface area contributed by atoms with Gasteiger partial charge in [-0.2, -0.15) is 0 Å². The van der Waals surface area contributed by atoms with Crippen molar-refractivity contribution < 1.29 is 4.79 Å². The van der Waals surface area contributed by atoms with Gasteiger partial charge >= 0.3 is 0 Å². The summed E-state index contributed by atoms with van der Waals surface area (Å²) in [5.41, 5.74) is 2.72. The van der Waals surface area contributed by atoms with Crippen molar-refractivity contribution in [2.45, 2.75) is 13.5 Å². The Hall–Kier alpha value is -1.46. The fourth-order valence-corrected chi connectivity index (χ4v) is 2.39. The summed E-state index contributed by atoms with van der Waals surface area (Å²) in [7, 11) is 1.83. The summed E-state index contributed by atoms with van der Waals surface area (Å²) >= 11 is 6.07. The van der Waals surface area contributed by atoms with Crippen LogP contribution in [0.15, 0.2) is 48.5 Å². The lowest BCUT2D eigenvalue weighted by Crippen LogP contribution is -2.28. The molecule has 0 bridgehead atoms. The van der Waals surface area contributed by atoms with Crippen LogP contribution in [0.25, 0.3) is 0 Å². The number of hydrogen-bond donors (Lipinski definition) is 3. The van der Waals surface area contributed by atoms with E-state index in [2.05, 4.69) is 28.1 Å². The Morgan fingerprint density at radius 1 is 1.08 bits per heavy atom. The molecule has 0 heterocycles. The van der Waals surface area contributed by atoms with Gasteiger partial charge in [-0.25, -0.2) is 0 Å². The van der Waals surface area contributed by atoms with Gasteiger partial charge in [0.25, 0.3) is 0 Å². The Bertz CT molecular complexity index is 653. The zero-order valence-electron chi connectivity index (χ0n) is 14.2. The molecule has 0 aliphatic rings. The second-order valence-corrected chi connectivity index (χ2v) is 5.91. The van der Waals surface area contributed by atoms with E-state index < -0.39 is 0 Å². The molecule has 1 atom stereocenters. The first-order valence-corrected chi connectivity index (χ1v) is 8.00. The van der Waals surface area contributed by atoms with Gasteiger partial charge in [0.1, 0.15) is 0 Å². The normalized spacial score (nSPS) is 10.8. The molecule has 2 aromatic carbocycles. The van der Waals surface area contributed by atoms with Crippen molar-refractivity contribution in [3.8, 4) is 0 Å². The number of anilines is 2. The second kappa shape index (κ2) is 12.0. The zero-order valence-corrected chi connectivity index (χ0v) is 16.6. The summed E-state index contributed by atoms with van der Waals surface area (Å²) in [6.45, 7) is 3.18. The third-order valence-electron chi connectivity index (χ3n) is 3.52.